The fourth-order valence-corrected chi connectivity index (χ4v) is 4.54. The van der Waals surface area contributed by atoms with Gasteiger partial charge < -0.3 is 10.1 Å². The van der Waals surface area contributed by atoms with Gasteiger partial charge in [0.25, 0.3) is 0 Å². The molecule has 0 aliphatic carbocycles. The molecule has 112 valence electrons. The van der Waals surface area contributed by atoms with Crippen LogP contribution >= 0.6 is 0 Å². The third kappa shape index (κ3) is 2.68. The number of sulfonamides is 1. The number of nitrogens with zero attached hydrogens (tertiary/aromatic N) is 1. The Hall–Kier alpha value is -1.11. The number of piperazine rings is 1. The molecule has 1 saturated heterocycles. The molecule has 0 radical (unpaired) electrons. The number of benzene rings is 1. The van der Waals surface area contributed by atoms with E-state index in [0.717, 1.165) is 5.56 Å². The smallest absolute Gasteiger partial charge is 0.247 e. The number of aryl methyl sites for hydroxylation is 1. The molecule has 0 saturated carbocycles. The van der Waals surface area contributed by atoms with Crippen molar-refractivity contribution in [1.29, 1.82) is 0 Å². The van der Waals surface area contributed by atoms with E-state index in [1.807, 2.05) is 26.8 Å². The lowest BCUT2D eigenvalue weighted by Crippen LogP contribution is -2.59. The first kappa shape index (κ1) is 15.3. The minimum atomic E-state index is -3.57. The fraction of sp³-hybridized carbons (Fsp3) is 0.571. The van der Waals surface area contributed by atoms with E-state index in [4.69, 9.17) is 4.74 Å². The summed E-state index contributed by atoms with van der Waals surface area (Å²) in [5, 5.41) is 3.23. The number of rotatable bonds is 3. The Morgan fingerprint density at radius 3 is 2.65 bits per heavy atom. The SMILES string of the molecule is COc1ccc(C)cc1S(=O)(=O)N1CCNCC1(C)C. The summed E-state index contributed by atoms with van der Waals surface area (Å²) in [6, 6.07) is 5.23. The van der Waals surface area contributed by atoms with Gasteiger partial charge in [0.1, 0.15) is 10.6 Å². The molecule has 0 bridgehead atoms. The summed E-state index contributed by atoms with van der Waals surface area (Å²) in [6.45, 7) is 7.50. The first-order chi connectivity index (χ1) is 9.29. The van der Waals surface area contributed by atoms with Crippen molar-refractivity contribution in [3.8, 4) is 5.75 Å². The van der Waals surface area contributed by atoms with Gasteiger partial charge in [-0.1, -0.05) is 6.07 Å². The summed E-state index contributed by atoms with van der Waals surface area (Å²) in [5.41, 5.74) is 0.448. The molecule has 0 atom stereocenters. The highest BCUT2D eigenvalue weighted by Crippen LogP contribution is 2.32. The van der Waals surface area contributed by atoms with E-state index in [2.05, 4.69) is 5.32 Å². The predicted octanol–water partition coefficient (Wildman–Crippen LogP) is 1.38. The first-order valence-electron chi connectivity index (χ1n) is 6.67. The van der Waals surface area contributed by atoms with Crippen LogP contribution in [0.1, 0.15) is 19.4 Å². The number of ether oxygens (including phenoxy) is 1. The monoisotopic (exact) mass is 298 g/mol. The van der Waals surface area contributed by atoms with Crippen molar-refractivity contribution in [2.24, 2.45) is 0 Å². The van der Waals surface area contributed by atoms with Crippen LogP contribution in [0.25, 0.3) is 0 Å². The van der Waals surface area contributed by atoms with Gasteiger partial charge in [0.05, 0.1) is 7.11 Å². The summed E-state index contributed by atoms with van der Waals surface area (Å²) in [5.74, 6) is 0.393. The molecule has 1 N–H and O–H groups in total. The standard InChI is InChI=1S/C14H22N2O3S/c1-11-5-6-12(19-4)13(9-11)20(17,18)16-8-7-15-10-14(16,2)3/h5-6,9,15H,7-8,10H2,1-4H3. The van der Waals surface area contributed by atoms with Crippen molar-refractivity contribution in [2.75, 3.05) is 26.7 Å². The van der Waals surface area contributed by atoms with E-state index in [1.165, 1.54) is 7.11 Å². The highest BCUT2D eigenvalue weighted by Gasteiger charge is 2.40. The molecule has 1 heterocycles. The van der Waals surface area contributed by atoms with E-state index >= 15 is 0 Å². The van der Waals surface area contributed by atoms with Crippen LogP contribution in [-0.2, 0) is 10.0 Å². The van der Waals surface area contributed by atoms with Gasteiger partial charge in [-0.15, -0.1) is 0 Å². The van der Waals surface area contributed by atoms with Gasteiger partial charge in [0, 0.05) is 25.2 Å². The van der Waals surface area contributed by atoms with Crippen LogP contribution in [0.4, 0.5) is 0 Å². The van der Waals surface area contributed by atoms with Crippen molar-refractivity contribution in [3.63, 3.8) is 0 Å². The summed E-state index contributed by atoms with van der Waals surface area (Å²) in [7, 11) is -2.07. The lowest BCUT2D eigenvalue weighted by molar-refractivity contribution is 0.185. The molecule has 20 heavy (non-hydrogen) atoms. The second kappa shape index (κ2) is 5.35. The number of methoxy groups -OCH3 is 1. The molecule has 1 aromatic carbocycles. The van der Waals surface area contributed by atoms with E-state index in [-0.39, 0.29) is 4.90 Å². The molecule has 0 aromatic heterocycles. The highest BCUT2D eigenvalue weighted by molar-refractivity contribution is 7.89. The van der Waals surface area contributed by atoms with Crippen molar-refractivity contribution in [3.05, 3.63) is 23.8 Å². The Balaban J connectivity index is 2.52. The molecule has 0 amide bonds. The van der Waals surface area contributed by atoms with Crippen LogP contribution in [-0.4, -0.2) is 45.0 Å². The quantitative estimate of drug-likeness (QED) is 0.916. The summed E-state index contributed by atoms with van der Waals surface area (Å²) >= 11 is 0. The Bertz CT molecular complexity index is 596. The van der Waals surface area contributed by atoms with Gasteiger partial charge in [-0.2, -0.15) is 4.31 Å². The molecule has 0 spiro atoms. The topological polar surface area (TPSA) is 58.6 Å². The van der Waals surface area contributed by atoms with E-state index in [0.29, 0.717) is 25.4 Å². The van der Waals surface area contributed by atoms with Gasteiger partial charge in [-0.25, -0.2) is 8.42 Å². The second-order valence-electron chi connectivity index (χ2n) is 5.72. The van der Waals surface area contributed by atoms with Crippen LogP contribution < -0.4 is 10.1 Å². The van der Waals surface area contributed by atoms with Crippen LogP contribution in [0.3, 0.4) is 0 Å². The molecule has 1 aliphatic heterocycles. The minimum absolute atomic E-state index is 0.245. The molecule has 1 fully saturated rings. The van der Waals surface area contributed by atoms with Crippen LogP contribution in [0.2, 0.25) is 0 Å². The van der Waals surface area contributed by atoms with Gasteiger partial charge in [-0.3, -0.25) is 0 Å². The van der Waals surface area contributed by atoms with Gasteiger partial charge in [-0.05, 0) is 38.5 Å². The third-order valence-corrected chi connectivity index (χ3v) is 5.74. The van der Waals surface area contributed by atoms with Crippen molar-refractivity contribution < 1.29 is 13.2 Å². The van der Waals surface area contributed by atoms with Crippen molar-refractivity contribution in [2.45, 2.75) is 31.2 Å². The van der Waals surface area contributed by atoms with E-state index < -0.39 is 15.6 Å². The summed E-state index contributed by atoms with van der Waals surface area (Å²) in [4.78, 5) is 0.245. The first-order valence-corrected chi connectivity index (χ1v) is 8.11. The van der Waals surface area contributed by atoms with Gasteiger partial charge in [0.2, 0.25) is 10.0 Å². The van der Waals surface area contributed by atoms with Gasteiger partial charge in [0.15, 0.2) is 0 Å². The average Bonchev–Trinajstić information content (AvgIpc) is 2.37. The maximum Gasteiger partial charge on any atom is 0.247 e. The Morgan fingerprint density at radius 2 is 2.05 bits per heavy atom. The molecule has 5 nitrogen and oxygen atoms in total. The Morgan fingerprint density at radius 1 is 1.35 bits per heavy atom. The maximum absolute atomic E-state index is 13.0. The zero-order valence-corrected chi connectivity index (χ0v) is 13.3. The van der Waals surface area contributed by atoms with Crippen LogP contribution in [0.5, 0.6) is 5.75 Å². The molecule has 1 aromatic rings. The Labute approximate surface area is 121 Å². The average molecular weight is 298 g/mol. The normalized spacial score (nSPS) is 19.8. The molecule has 6 heteroatoms. The lowest BCUT2D eigenvalue weighted by atomic mass is 10.0. The number of hydrogen-bond acceptors (Lipinski definition) is 4. The van der Waals surface area contributed by atoms with E-state index in [1.54, 1.807) is 16.4 Å². The van der Waals surface area contributed by atoms with Crippen molar-refractivity contribution in [1.82, 2.24) is 9.62 Å². The van der Waals surface area contributed by atoms with Crippen LogP contribution in [0.15, 0.2) is 23.1 Å². The van der Waals surface area contributed by atoms with Gasteiger partial charge >= 0.3 is 0 Å². The molecular formula is C14H22N2O3S. The fourth-order valence-electron chi connectivity index (χ4n) is 2.52. The number of nitrogens with one attached hydrogen (secondary N) is 1. The third-order valence-electron chi connectivity index (χ3n) is 3.61. The van der Waals surface area contributed by atoms with Crippen molar-refractivity contribution >= 4 is 10.0 Å². The Kier molecular flexibility index (Phi) is 4.09. The second-order valence-corrected chi connectivity index (χ2v) is 7.55. The van der Waals surface area contributed by atoms with Crippen LogP contribution in [0, 0.1) is 6.92 Å². The predicted molar refractivity (Wildman–Crippen MR) is 78.6 cm³/mol. The zero-order valence-electron chi connectivity index (χ0n) is 12.4. The highest BCUT2D eigenvalue weighted by atomic mass is 32.2. The lowest BCUT2D eigenvalue weighted by Gasteiger charge is -2.41. The molecule has 1 aliphatic rings. The number of hydrogen-bond donors (Lipinski definition) is 1. The minimum Gasteiger partial charge on any atom is -0.495 e. The molecular weight excluding hydrogens is 276 g/mol. The summed E-state index contributed by atoms with van der Waals surface area (Å²) in [6.07, 6.45) is 0. The molecule has 2 rings (SSSR count). The van der Waals surface area contributed by atoms with E-state index in [9.17, 15) is 8.42 Å². The largest absolute Gasteiger partial charge is 0.495 e. The molecule has 0 unspecified atom stereocenters. The zero-order chi connectivity index (χ0) is 15.0. The maximum atomic E-state index is 13.0. The summed E-state index contributed by atoms with van der Waals surface area (Å²) < 4.78 is 32.7.